The van der Waals surface area contributed by atoms with Crippen LogP contribution >= 0.6 is 0 Å². The number of nitrogens with zero attached hydrogens (tertiary/aromatic N) is 2. The van der Waals surface area contributed by atoms with Crippen LogP contribution in [-0.4, -0.2) is 27.8 Å². The van der Waals surface area contributed by atoms with E-state index in [9.17, 15) is 14.9 Å². The number of hydrogen-bond donors (Lipinski definition) is 0. The van der Waals surface area contributed by atoms with Crippen LogP contribution in [0.2, 0.25) is 0 Å². The zero-order valence-corrected chi connectivity index (χ0v) is 13.9. The Morgan fingerprint density at radius 2 is 1.96 bits per heavy atom. The van der Waals surface area contributed by atoms with Gasteiger partial charge >= 0.3 is 0 Å². The molecule has 0 aromatic heterocycles. The highest BCUT2D eigenvalue weighted by Gasteiger charge is 2.36. The summed E-state index contributed by atoms with van der Waals surface area (Å²) in [5.74, 6) is 0.492. The van der Waals surface area contributed by atoms with Crippen molar-refractivity contribution in [2.24, 2.45) is 5.92 Å². The van der Waals surface area contributed by atoms with Gasteiger partial charge in [0, 0.05) is 30.3 Å². The number of non-ortho nitro benzene ring substituents is 1. The van der Waals surface area contributed by atoms with E-state index in [1.54, 1.807) is 24.3 Å². The van der Waals surface area contributed by atoms with E-state index in [2.05, 4.69) is 20.8 Å². The van der Waals surface area contributed by atoms with Gasteiger partial charge in [0.15, 0.2) is 0 Å². The summed E-state index contributed by atoms with van der Waals surface area (Å²) in [6.45, 7) is 6.43. The number of carbonyl (C=O) groups is 1. The lowest BCUT2D eigenvalue weighted by Gasteiger charge is -2.32. The molecule has 1 aromatic carbocycles. The Kier molecular flexibility index (Phi) is 5.53. The monoisotopic (exact) mass is 316 g/mol. The van der Waals surface area contributed by atoms with Crippen LogP contribution in [-0.2, 0) is 4.79 Å². The number of nitro groups is 1. The van der Waals surface area contributed by atoms with Gasteiger partial charge in [0.25, 0.3) is 5.69 Å². The third-order valence-corrected chi connectivity index (χ3v) is 4.62. The summed E-state index contributed by atoms with van der Waals surface area (Å²) in [5.41, 5.74) is 0.842. The van der Waals surface area contributed by atoms with Crippen LogP contribution in [0.15, 0.2) is 30.3 Å². The van der Waals surface area contributed by atoms with Gasteiger partial charge in [-0.25, -0.2) is 0 Å². The van der Waals surface area contributed by atoms with Crippen molar-refractivity contribution < 1.29 is 9.72 Å². The average molecular weight is 316 g/mol. The maximum Gasteiger partial charge on any atom is 0.269 e. The quantitative estimate of drug-likeness (QED) is 0.433. The minimum absolute atomic E-state index is 0.0265. The third-order valence-electron chi connectivity index (χ3n) is 4.62. The Balaban J connectivity index is 2.07. The second-order valence-corrected chi connectivity index (χ2v) is 6.28. The molecule has 0 heterocycles. The third kappa shape index (κ3) is 4.41. The summed E-state index contributed by atoms with van der Waals surface area (Å²) in [6, 6.07) is 6.80. The first-order chi connectivity index (χ1) is 10.9. The molecule has 0 saturated heterocycles. The highest BCUT2D eigenvalue weighted by Crippen LogP contribution is 2.31. The molecule has 2 atom stereocenters. The number of rotatable bonds is 7. The van der Waals surface area contributed by atoms with E-state index in [1.165, 1.54) is 12.1 Å². The minimum atomic E-state index is -0.429. The first-order valence-corrected chi connectivity index (χ1v) is 8.18. The average Bonchev–Trinajstić information content (AvgIpc) is 3.37. The fraction of sp³-hybridized carbons (Fsp3) is 0.500. The van der Waals surface area contributed by atoms with Gasteiger partial charge in [-0.15, -0.1) is 0 Å². The van der Waals surface area contributed by atoms with E-state index in [0.29, 0.717) is 12.0 Å². The van der Waals surface area contributed by atoms with E-state index in [1.807, 2.05) is 4.90 Å². The Labute approximate surface area is 137 Å². The van der Waals surface area contributed by atoms with Crippen molar-refractivity contribution in [3.05, 3.63) is 46.0 Å². The Bertz CT molecular complexity index is 591. The van der Waals surface area contributed by atoms with Crippen molar-refractivity contribution in [2.75, 3.05) is 0 Å². The molecule has 5 heteroatoms. The lowest BCUT2D eigenvalue weighted by Crippen LogP contribution is -2.42. The summed E-state index contributed by atoms with van der Waals surface area (Å²) in [5, 5.41) is 10.6. The molecule has 124 valence electrons. The number of hydrogen-bond acceptors (Lipinski definition) is 3. The zero-order valence-electron chi connectivity index (χ0n) is 13.9. The zero-order chi connectivity index (χ0) is 17.0. The molecule has 1 aliphatic rings. The van der Waals surface area contributed by atoms with Gasteiger partial charge in [-0.3, -0.25) is 14.9 Å². The summed E-state index contributed by atoms with van der Waals surface area (Å²) in [6.07, 6.45) is 6.52. The smallest absolute Gasteiger partial charge is 0.269 e. The standard InChI is InChI=1S/C18H24N2O3/c1-4-13(2)14(3)19(16-10-11-16)18(21)12-7-15-5-8-17(9-6-15)20(22)23/h5-9,12-14,16H,4,10-11H2,1-3H3/b12-7+. The molecule has 1 aromatic rings. The number of nitro benzene ring substituents is 1. The molecule has 0 bridgehead atoms. The highest BCUT2D eigenvalue weighted by atomic mass is 16.6. The molecule has 1 saturated carbocycles. The number of benzene rings is 1. The molecule has 1 aliphatic carbocycles. The maximum atomic E-state index is 12.6. The molecule has 1 amide bonds. The Hall–Kier alpha value is -2.17. The second kappa shape index (κ2) is 7.40. The second-order valence-electron chi connectivity index (χ2n) is 6.28. The molecule has 0 N–H and O–H groups in total. The van der Waals surface area contributed by atoms with Gasteiger partial charge in [0.1, 0.15) is 0 Å². The minimum Gasteiger partial charge on any atom is -0.333 e. The number of amides is 1. The van der Waals surface area contributed by atoms with E-state index in [-0.39, 0.29) is 17.6 Å². The van der Waals surface area contributed by atoms with Crippen LogP contribution in [0.1, 0.15) is 45.6 Å². The highest BCUT2D eigenvalue weighted by molar-refractivity contribution is 5.92. The van der Waals surface area contributed by atoms with Gasteiger partial charge in [-0.05, 0) is 49.5 Å². The first kappa shape index (κ1) is 17.2. The molecule has 2 unspecified atom stereocenters. The van der Waals surface area contributed by atoms with Crippen molar-refractivity contribution in [2.45, 2.75) is 52.1 Å². The van der Waals surface area contributed by atoms with Crippen LogP contribution < -0.4 is 0 Å². The first-order valence-electron chi connectivity index (χ1n) is 8.18. The summed E-state index contributed by atoms with van der Waals surface area (Å²) in [7, 11) is 0. The van der Waals surface area contributed by atoms with E-state index >= 15 is 0 Å². The van der Waals surface area contributed by atoms with Gasteiger partial charge < -0.3 is 4.90 Å². The van der Waals surface area contributed by atoms with Crippen LogP contribution in [0, 0.1) is 16.0 Å². The fourth-order valence-electron chi connectivity index (χ4n) is 2.64. The molecule has 0 radical (unpaired) electrons. The molecule has 1 fully saturated rings. The summed E-state index contributed by atoms with van der Waals surface area (Å²) >= 11 is 0. The van der Waals surface area contributed by atoms with E-state index < -0.39 is 4.92 Å². The predicted molar refractivity (Wildman–Crippen MR) is 90.9 cm³/mol. The SMILES string of the molecule is CCC(C)C(C)N(C(=O)/C=C/c1ccc([N+](=O)[O-])cc1)C1CC1. The van der Waals surface area contributed by atoms with Crippen LogP contribution in [0.4, 0.5) is 5.69 Å². The van der Waals surface area contributed by atoms with Crippen molar-refractivity contribution >= 4 is 17.7 Å². The predicted octanol–water partition coefficient (Wildman–Crippen LogP) is 4.03. The van der Waals surface area contributed by atoms with Gasteiger partial charge in [-0.1, -0.05) is 20.3 Å². The Morgan fingerprint density at radius 3 is 2.43 bits per heavy atom. The van der Waals surface area contributed by atoms with E-state index in [4.69, 9.17) is 0 Å². The molecule has 5 nitrogen and oxygen atoms in total. The fourth-order valence-corrected chi connectivity index (χ4v) is 2.64. The molecular formula is C18H24N2O3. The van der Waals surface area contributed by atoms with Crippen molar-refractivity contribution in [3.8, 4) is 0 Å². The topological polar surface area (TPSA) is 63.5 Å². The lowest BCUT2D eigenvalue weighted by molar-refractivity contribution is -0.384. The summed E-state index contributed by atoms with van der Waals surface area (Å²) in [4.78, 5) is 24.8. The lowest BCUT2D eigenvalue weighted by atomic mass is 9.99. The normalized spacial score (nSPS) is 17.0. The van der Waals surface area contributed by atoms with Crippen molar-refractivity contribution in [1.29, 1.82) is 0 Å². The van der Waals surface area contributed by atoms with Crippen LogP contribution in [0.5, 0.6) is 0 Å². The molecule has 2 rings (SSSR count). The van der Waals surface area contributed by atoms with E-state index in [0.717, 1.165) is 24.8 Å². The maximum absolute atomic E-state index is 12.6. The van der Waals surface area contributed by atoms with Crippen molar-refractivity contribution in [1.82, 2.24) is 4.90 Å². The Morgan fingerprint density at radius 1 is 1.35 bits per heavy atom. The van der Waals surface area contributed by atoms with Gasteiger partial charge in [0.05, 0.1) is 4.92 Å². The number of carbonyl (C=O) groups excluding carboxylic acids is 1. The van der Waals surface area contributed by atoms with Crippen molar-refractivity contribution in [3.63, 3.8) is 0 Å². The molecule has 0 aliphatic heterocycles. The largest absolute Gasteiger partial charge is 0.333 e. The molecular weight excluding hydrogens is 292 g/mol. The molecule has 23 heavy (non-hydrogen) atoms. The van der Waals surface area contributed by atoms with Crippen LogP contribution in [0.3, 0.4) is 0 Å². The van der Waals surface area contributed by atoms with Gasteiger partial charge in [-0.2, -0.15) is 0 Å². The molecule has 0 spiro atoms. The van der Waals surface area contributed by atoms with Gasteiger partial charge in [0.2, 0.25) is 5.91 Å². The summed E-state index contributed by atoms with van der Waals surface area (Å²) < 4.78 is 0. The van der Waals surface area contributed by atoms with Crippen LogP contribution in [0.25, 0.3) is 6.08 Å².